The number of carbonyl (C=O) groups excluding carboxylic acids is 1. The van der Waals surface area contributed by atoms with Gasteiger partial charge in [0.1, 0.15) is 0 Å². The number of rotatable bonds is 1. The van der Waals surface area contributed by atoms with Gasteiger partial charge in [0, 0.05) is 12.3 Å². The maximum absolute atomic E-state index is 13.2. The molecule has 16 heavy (non-hydrogen) atoms. The van der Waals surface area contributed by atoms with Gasteiger partial charge in [-0.05, 0) is 12.1 Å². The first-order valence-electron chi connectivity index (χ1n) is 4.31. The minimum absolute atomic E-state index is 0.0301. The second kappa shape index (κ2) is 3.13. The van der Waals surface area contributed by atoms with Gasteiger partial charge in [-0.3, -0.25) is 9.78 Å². The van der Waals surface area contributed by atoms with Crippen LogP contribution in [0.5, 0.6) is 0 Å². The Morgan fingerprint density at radius 3 is 2.25 bits per heavy atom. The summed E-state index contributed by atoms with van der Waals surface area (Å²) >= 11 is 0. The molecule has 2 nitrogen and oxygen atoms in total. The van der Waals surface area contributed by atoms with E-state index in [2.05, 4.69) is 4.98 Å². The van der Waals surface area contributed by atoms with Gasteiger partial charge in [0.2, 0.25) is 0 Å². The lowest BCUT2D eigenvalue weighted by atomic mass is 10.1. The Kier molecular flexibility index (Phi) is 2.11. The Hall–Kier alpha value is -1.72. The van der Waals surface area contributed by atoms with E-state index < -0.39 is 23.2 Å². The minimum atomic E-state index is -4.18. The zero-order valence-electron chi connectivity index (χ0n) is 7.75. The van der Waals surface area contributed by atoms with Crippen molar-refractivity contribution in [3.8, 4) is 0 Å². The molecule has 0 N–H and O–H groups in total. The van der Waals surface area contributed by atoms with Crippen LogP contribution in [0.2, 0.25) is 0 Å². The number of nitrogens with zero attached hydrogens (tertiary/aromatic N) is 1. The number of hydrogen-bond acceptors (Lipinski definition) is 2. The van der Waals surface area contributed by atoms with Crippen molar-refractivity contribution in [1.82, 2.24) is 4.98 Å². The quantitative estimate of drug-likeness (QED) is 0.694. The Morgan fingerprint density at radius 2 is 1.81 bits per heavy atom. The van der Waals surface area contributed by atoms with Crippen LogP contribution in [0.3, 0.4) is 0 Å². The first-order valence-corrected chi connectivity index (χ1v) is 4.31. The summed E-state index contributed by atoms with van der Waals surface area (Å²) < 4.78 is 52.2. The van der Waals surface area contributed by atoms with Crippen LogP contribution in [0.1, 0.15) is 5.69 Å². The minimum Gasteiger partial charge on any atom is -0.285 e. The van der Waals surface area contributed by atoms with Crippen LogP contribution in [-0.4, -0.2) is 22.6 Å². The predicted molar refractivity (Wildman–Crippen MR) is 47.1 cm³/mol. The maximum atomic E-state index is 13.2. The molecule has 1 aliphatic rings. The molecule has 1 aromatic rings. The molecular formula is C10H5F4NO. The fourth-order valence-electron chi connectivity index (χ4n) is 1.43. The van der Waals surface area contributed by atoms with E-state index >= 15 is 0 Å². The van der Waals surface area contributed by atoms with Gasteiger partial charge in [-0.1, -0.05) is 6.07 Å². The number of pyridine rings is 1. The first-order chi connectivity index (χ1) is 7.36. The average molecular weight is 231 g/mol. The van der Waals surface area contributed by atoms with Gasteiger partial charge in [-0.2, -0.15) is 17.6 Å². The van der Waals surface area contributed by atoms with E-state index in [1.807, 2.05) is 0 Å². The average Bonchev–Trinajstić information content (AvgIpc) is 2.40. The number of Topliss-reactive ketones (excluding diaryl/α,β-unsaturated/α-hetero) is 1. The van der Waals surface area contributed by atoms with Gasteiger partial charge in [0.25, 0.3) is 5.78 Å². The molecule has 6 heteroatoms. The van der Waals surface area contributed by atoms with Crippen LogP contribution >= 0.6 is 0 Å². The summed E-state index contributed by atoms with van der Waals surface area (Å²) in [5, 5.41) is 0. The van der Waals surface area contributed by atoms with E-state index in [1.165, 1.54) is 18.3 Å². The third kappa shape index (κ3) is 1.41. The van der Waals surface area contributed by atoms with Gasteiger partial charge in [0.05, 0.1) is 11.3 Å². The van der Waals surface area contributed by atoms with Gasteiger partial charge in [0.15, 0.2) is 0 Å². The topological polar surface area (TPSA) is 30.0 Å². The molecule has 0 aliphatic heterocycles. The highest BCUT2D eigenvalue weighted by atomic mass is 19.3. The Morgan fingerprint density at radius 1 is 1.12 bits per heavy atom. The maximum Gasteiger partial charge on any atom is 0.338 e. The number of carbonyl (C=O) groups is 1. The lowest BCUT2D eigenvalue weighted by Gasteiger charge is -2.12. The summed E-state index contributed by atoms with van der Waals surface area (Å²) in [6.45, 7) is 0. The van der Waals surface area contributed by atoms with E-state index in [1.54, 1.807) is 0 Å². The summed E-state index contributed by atoms with van der Waals surface area (Å²) in [6.07, 6.45) is 1.16. The summed E-state index contributed by atoms with van der Waals surface area (Å²) in [4.78, 5) is 14.3. The number of ketones is 1. The SMILES string of the molecule is O=C1C(F)(F)C=C(c2ccccn2)C1(F)F. The van der Waals surface area contributed by atoms with Crippen molar-refractivity contribution in [1.29, 1.82) is 0 Å². The van der Waals surface area contributed by atoms with Crippen molar-refractivity contribution in [2.75, 3.05) is 0 Å². The molecule has 1 aliphatic carbocycles. The number of hydrogen-bond donors (Lipinski definition) is 0. The van der Waals surface area contributed by atoms with E-state index in [0.29, 0.717) is 0 Å². The van der Waals surface area contributed by atoms with Gasteiger partial charge >= 0.3 is 11.8 Å². The number of aromatic nitrogens is 1. The molecule has 0 radical (unpaired) electrons. The number of alkyl halides is 4. The van der Waals surface area contributed by atoms with Crippen LogP contribution in [0.4, 0.5) is 17.6 Å². The fraction of sp³-hybridized carbons (Fsp3) is 0.200. The van der Waals surface area contributed by atoms with Crippen LogP contribution in [0, 0.1) is 0 Å². The van der Waals surface area contributed by atoms with Crippen molar-refractivity contribution in [2.45, 2.75) is 11.8 Å². The van der Waals surface area contributed by atoms with Gasteiger partial charge < -0.3 is 0 Å². The Bertz CT molecular complexity index is 467. The number of allylic oxidation sites excluding steroid dienone is 2. The zero-order chi connectivity index (χ0) is 12.0. The first kappa shape index (κ1) is 10.8. The number of halogens is 4. The second-order valence-electron chi connectivity index (χ2n) is 3.30. The summed E-state index contributed by atoms with van der Waals surface area (Å²) in [6, 6.07) is 3.98. The highest BCUT2D eigenvalue weighted by molar-refractivity contribution is 6.09. The third-order valence-corrected chi connectivity index (χ3v) is 2.19. The molecule has 84 valence electrons. The molecule has 2 rings (SSSR count). The van der Waals surface area contributed by atoms with Gasteiger partial charge in [-0.15, -0.1) is 0 Å². The van der Waals surface area contributed by atoms with Crippen molar-refractivity contribution < 1.29 is 22.4 Å². The smallest absolute Gasteiger partial charge is 0.285 e. The van der Waals surface area contributed by atoms with Crippen LogP contribution < -0.4 is 0 Å². The molecule has 0 aromatic carbocycles. The monoisotopic (exact) mass is 231 g/mol. The molecular weight excluding hydrogens is 226 g/mol. The van der Waals surface area contributed by atoms with Crippen LogP contribution in [-0.2, 0) is 4.79 Å². The normalized spacial score (nSPS) is 22.0. The largest absolute Gasteiger partial charge is 0.338 e. The molecule has 0 atom stereocenters. The van der Waals surface area contributed by atoms with Crippen molar-refractivity contribution >= 4 is 11.4 Å². The highest BCUT2D eigenvalue weighted by Crippen LogP contribution is 2.45. The molecule has 0 unspecified atom stereocenters. The van der Waals surface area contributed by atoms with E-state index in [4.69, 9.17) is 0 Å². The molecule has 0 spiro atoms. The van der Waals surface area contributed by atoms with E-state index in [0.717, 1.165) is 6.07 Å². The Balaban J connectivity index is 2.55. The fourth-order valence-corrected chi connectivity index (χ4v) is 1.43. The molecule has 1 heterocycles. The van der Waals surface area contributed by atoms with E-state index in [-0.39, 0.29) is 11.8 Å². The zero-order valence-corrected chi connectivity index (χ0v) is 7.75. The summed E-state index contributed by atoms with van der Waals surface area (Å²) in [5.41, 5.74) is -1.36. The molecule has 0 bridgehead atoms. The Labute approximate surface area is 87.6 Å². The summed E-state index contributed by atoms with van der Waals surface area (Å²) in [7, 11) is 0. The van der Waals surface area contributed by atoms with Gasteiger partial charge in [-0.25, -0.2) is 0 Å². The predicted octanol–water partition coefficient (Wildman–Crippen LogP) is 2.32. The molecule has 1 aromatic heterocycles. The second-order valence-corrected chi connectivity index (χ2v) is 3.30. The molecule has 0 saturated heterocycles. The third-order valence-electron chi connectivity index (χ3n) is 2.19. The molecule has 0 fully saturated rings. The van der Waals surface area contributed by atoms with Crippen molar-refractivity contribution in [3.63, 3.8) is 0 Å². The lowest BCUT2D eigenvalue weighted by Crippen LogP contribution is -2.35. The standard InChI is InChI=1S/C10H5F4NO/c11-9(12)5-6(10(13,14)8(9)16)7-3-1-2-4-15-7/h1-5H. The highest BCUT2D eigenvalue weighted by Gasteiger charge is 2.61. The summed E-state index contributed by atoms with van der Waals surface area (Å²) in [5.74, 6) is -10.7. The molecule has 0 saturated carbocycles. The van der Waals surface area contributed by atoms with Crippen molar-refractivity contribution in [2.24, 2.45) is 0 Å². The van der Waals surface area contributed by atoms with Crippen LogP contribution in [0.25, 0.3) is 5.57 Å². The van der Waals surface area contributed by atoms with Crippen LogP contribution in [0.15, 0.2) is 30.5 Å². The van der Waals surface area contributed by atoms with Crippen molar-refractivity contribution in [3.05, 3.63) is 36.2 Å². The molecule has 0 amide bonds. The lowest BCUT2D eigenvalue weighted by molar-refractivity contribution is -0.152. The van der Waals surface area contributed by atoms with E-state index in [9.17, 15) is 22.4 Å².